The molecule has 0 aliphatic carbocycles. The number of carbonyl (C=O) groups is 2. The molecule has 0 aliphatic heterocycles. The summed E-state index contributed by atoms with van der Waals surface area (Å²) in [6, 6.07) is 4.76. The number of anilines is 1. The summed E-state index contributed by atoms with van der Waals surface area (Å²) in [7, 11) is 0. The van der Waals surface area contributed by atoms with Crippen LogP contribution in [0.25, 0.3) is 0 Å². The van der Waals surface area contributed by atoms with E-state index < -0.39 is 0 Å². The van der Waals surface area contributed by atoms with Crippen LogP contribution in [0.1, 0.15) is 30.6 Å². The van der Waals surface area contributed by atoms with E-state index in [-0.39, 0.29) is 18.3 Å². The number of ketones is 1. The number of nitrogens with two attached hydrogens (primary N) is 1. The monoisotopic (exact) mass is 250 g/mol. The lowest BCUT2D eigenvalue weighted by Gasteiger charge is -2.09. The highest BCUT2D eigenvalue weighted by Crippen LogP contribution is 2.22. The van der Waals surface area contributed by atoms with Crippen molar-refractivity contribution in [3.8, 4) is 5.75 Å². The van der Waals surface area contributed by atoms with E-state index in [9.17, 15) is 9.59 Å². The molecule has 0 aromatic heterocycles. The standard InChI is InChI=1S/C13H18N2O3/c1-3-6-15-13(17)8-18-12-5-4-10(9(2)16)7-11(12)14/h4-5,7H,3,6,8,14H2,1-2H3,(H,15,17). The molecule has 0 bridgehead atoms. The Morgan fingerprint density at radius 1 is 1.39 bits per heavy atom. The highest BCUT2D eigenvalue weighted by molar-refractivity contribution is 5.95. The SMILES string of the molecule is CCCNC(=O)COc1ccc(C(C)=O)cc1N. The summed E-state index contributed by atoms with van der Waals surface area (Å²) < 4.78 is 5.28. The Labute approximate surface area is 106 Å². The molecule has 0 spiro atoms. The van der Waals surface area contributed by atoms with Gasteiger partial charge in [0.05, 0.1) is 5.69 Å². The van der Waals surface area contributed by atoms with Crippen molar-refractivity contribution in [3.05, 3.63) is 23.8 Å². The number of hydrogen-bond acceptors (Lipinski definition) is 4. The van der Waals surface area contributed by atoms with Crippen molar-refractivity contribution in [2.45, 2.75) is 20.3 Å². The summed E-state index contributed by atoms with van der Waals surface area (Å²) in [5.74, 6) is 0.160. The number of Topliss-reactive ketones (excluding diaryl/α,β-unsaturated/α-hetero) is 1. The van der Waals surface area contributed by atoms with Crippen LogP contribution in [0.15, 0.2) is 18.2 Å². The second-order valence-corrected chi connectivity index (χ2v) is 3.95. The van der Waals surface area contributed by atoms with Crippen LogP contribution in [-0.4, -0.2) is 24.8 Å². The average molecular weight is 250 g/mol. The largest absolute Gasteiger partial charge is 0.482 e. The van der Waals surface area contributed by atoms with E-state index in [1.165, 1.54) is 6.92 Å². The van der Waals surface area contributed by atoms with E-state index in [0.29, 0.717) is 23.5 Å². The zero-order chi connectivity index (χ0) is 13.5. The van der Waals surface area contributed by atoms with Crippen LogP contribution in [-0.2, 0) is 4.79 Å². The molecular weight excluding hydrogens is 232 g/mol. The van der Waals surface area contributed by atoms with Crippen molar-refractivity contribution >= 4 is 17.4 Å². The fourth-order valence-electron chi connectivity index (χ4n) is 1.36. The molecular formula is C13H18N2O3. The molecule has 18 heavy (non-hydrogen) atoms. The number of hydrogen-bond donors (Lipinski definition) is 2. The van der Waals surface area contributed by atoms with Crippen LogP contribution in [0, 0.1) is 0 Å². The predicted molar refractivity (Wildman–Crippen MR) is 69.7 cm³/mol. The third kappa shape index (κ3) is 4.08. The lowest BCUT2D eigenvalue weighted by atomic mass is 10.1. The van der Waals surface area contributed by atoms with E-state index in [0.717, 1.165) is 6.42 Å². The van der Waals surface area contributed by atoms with E-state index in [2.05, 4.69) is 5.32 Å². The van der Waals surface area contributed by atoms with E-state index in [1.54, 1.807) is 18.2 Å². The maximum absolute atomic E-state index is 11.3. The number of carbonyl (C=O) groups excluding carboxylic acids is 2. The molecule has 0 saturated heterocycles. The van der Waals surface area contributed by atoms with Gasteiger partial charge in [-0.05, 0) is 31.5 Å². The van der Waals surface area contributed by atoms with Gasteiger partial charge in [-0.15, -0.1) is 0 Å². The second kappa shape index (κ2) is 6.64. The first-order chi connectivity index (χ1) is 8.54. The second-order valence-electron chi connectivity index (χ2n) is 3.95. The molecule has 0 heterocycles. The van der Waals surface area contributed by atoms with Gasteiger partial charge in [0.15, 0.2) is 12.4 Å². The molecule has 1 amide bonds. The van der Waals surface area contributed by atoms with Gasteiger partial charge in [0, 0.05) is 12.1 Å². The van der Waals surface area contributed by atoms with Gasteiger partial charge in [-0.3, -0.25) is 9.59 Å². The lowest BCUT2D eigenvalue weighted by molar-refractivity contribution is -0.123. The number of nitrogens with one attached hydrogen (secondary N) is 1. The summed E-state index contributed by atoms with van der Waals surface area (Å²) in [6.45, 7) is 3.98. The van der Waals surface area contributed by atoms with E-state index >= 15 is 0 Å². The van der Waals surface area contributed by atoms with Crippen molar-refractivity contribution in [1.82, 2.24) is 5.32 Å². The predicted octanol–water partition coefficient (Wildman–Crippen LogP) is 1.38. The van der Waals surface area contributed by atoms with Gasteiger partial charge >= 0.3 is 0 Å². The highest BCUT2D eigenvalue weighted by Gasteiger charge is 2.07. The van der Waals surface area contributed by atoms with Gasteiger partial charge in [-0.25, -0.2) is 0 Å². The molecule has 0 radical (unpaired) electrons. The maximum Gasteiger partial charge on any atom is 0.257 e. The smallest absolute Gasteiger partial charge is 0.257 e. The number of benzene rings is 1. The topological polar surface area (TPSA) is 81.4 Å². The first-order valence-corrected chi connectivity index (χ1v) is 5.84. The minimum absolute atomic E-state index is 0.0612. The minimum atomic E-state index is -0.188. The molecule has 5 nitrogen and oxygen atoms in total. The number of rotatable bonds is 6. The summed E-state index contributed by atoms with van der Waals surface area (Å²) in [4.78, 5) is 22.5. The average Bonchev–Trinajstić information content (AvgIpc) is 2.34. The van der Waals surface area contributed by atoms with Gasteiger partial charge in [0.2, 0.25) is 0 Å². The van der Waals surface area contributed by atoms with Crippen LogP contribution in [0.4, 0.5) is 5.69 Å². The van der Waals surface area contributed by atoms with Crippen molar-refractivity contribution in [2.24, 2.45) is 0 Å². The number of amides is 1. The van der Waals surface area contributed by atoms with Crippen LogP contribution in [0.5, 0.6) is 5.75 Å². The first-order valence-electron chi connectivity index (χ1n) is 5.84. The third-order valence-corrected chi connectivity index (χ3v) is 2.35. The Morgan fingerprint density at radius 3 is 2.67 bits per heavy atom. The number of nitrogen functional groups attached to an aromatic ring is 1. The van der Waals surface area contributed by atoms with Gasteiger partial charge in [0.25, 0.3) is 5.91 Å². The Bertz CT molecular complexity index is 444. The van der Waals surface area contributed by atoms with E-state index in [4.69, 9.17) is 10.5 Å². The van der Waals surface area contributed by atoms with Crippen LogP contribution >= 0.6 is 0 Å². The van der Waals surface area contributed by atoms with Gasteiger partial charge in [-0.1, -0.05) is 6.92 Å². The molecule has 5 heteroatoms. The van der Waals surface area contributed by atoms with Crippen LogP contribution in [0.2, 0.25) is 0 Å². The lowest BCUT2D eigenvalue weighted by Crippen LogP contribution is -2.29. The third-order valence-electron chi connectivity index (χ3n) is 2.35. The van der Waals surface area contributed by atoms with Crippen LogP contribution < -0.4 is 15.8 Å². The Kier molecular flexibility index (Phi) is 5.17. The summed E-state index contributed by atoms with van der Waals surface area (Å²) in [5, 5.41) is 2.69. The number of ether oxygens (including phenoxy) is 1. The minimum Gasteiger partial charge on any atom is -0.482 e. The summed E-state index contributed by atoms with van der Waals surface area (Å²) in [5.41, 5.74) is 6.61. The molecule has 0 unspecified atom stereocenters. The van der Waals surface area contributed by atoms with Gasteiger partial charge in [0.1, 0.15) is 5.75 Å². The maximum atomic E-state index is 11.3. The molecule has 0 aliphatic rings. The highest BCUT2D eigenvalue weighted by atomic mass is 16.5. The molecule has 0 saturated carbocycles. The Balaban J connectivity index is 2.58. The Hall–Kier alpha value is -2.04. The summed E-state index contributed by atoms with van der Waals surface area (Å²) in [6.07, 6.45) is 0.876. The Morgan fingerprint density at radius 2 is 2.11 bits per heavy atom. The first kappa shape index (κ1) is 14.0. The van der Waals surface area contributed by atoms with Crippen molar-refractivity contribution < 1.29 is 14.3 Å². The quantitative estimate of drug-likeness (QED) is 0.590. The fourth-order valence-corrected chi connectivity index (χ4v) is 1.36. The molecule has 1 rings (SSSR count). The molecule has 0 atom stereocenters. The van der Waals surface area contributed by atoms with Crippen molar-refractivity contribution in [1.29, 1.82) is 0 Å². The van der Waals surface area contributed by atoms with Crippen molar-refractivity contribution in [2.75, 3.05) is 18.9 Å². The fraction of sp³-hybridized carbons (Fsp3) is 0.385. The van der Waals surface area contributed by atoms with Crippen LogP contribution in [0.3, 0.4) is 0 Å². The molecule has 98 valence electrons. The molecule has 3 N–H and O–H groups in total. The molecule has 1 aromatic rings. The normalized spacial score (nSPS) is 9.89. The van der Waals surface area contributed by atoms with Crippen molar-refractivity contribution in [3.63, 3.8) is 0 Å². The van der Waals surface area contributed by atoms with E-state index in [1.807, 2.05) is 6.92 Å². The molecule has 1 aromatic carbocycles. The zero-order valence-corrected chi connectivity index (χ0v) is 10.7. The molecule has 0 fully saturated rings. The summed E-state index contributed by atoms with van der Waals surface area (Å²) >= 11 is 0. The van der Waals surface area contributed by atoms with Gasteiger partial charge in [-0.2, -0.15) is 0 Å². The zero-order valence-electron chi connectivity index (χ0n) is 10.7. The van der Waals surface area contributed by atoms with Gasteiger partial charge < -0.3 is 15.8 Å².